The predicted molar refractivity (Wildman–Crippen MR) is 90.2 cm³/mol. The molecule has 1 N–H and O–H groups in total. The largest absolute Gasteiger partial charge is 0.508 e. The maximum atomic E-state index is 13.0. The summed E-state index contributed by atoms with van der Waals surface area (Å²) in [6.45, 7) is 4.57. The third kappa shape index (κ3) is 2.34. The maximum absolute atomic E-state index is 13.0. The number of phenolic OH excluding ortho intramolecular Hbond substituents is 1. The number of methoxy groups -OCH3 is 1. The highest BCUT2D eigenvalue weighted by molar-refractivity contribution is 6.08. The first-order valence-electron chi connectivity index (χ1n) is 7.78. The lowest BCUT2D eigenvalue weighted by Gasteiger charge is -2.24. The van der Waals surface area contributed by atoms with E-state index in [1.165, 1.54) is 0 Å². The smallest absolute Gasteiger partial charge is 0.237 e. The minimum Gasteiger partial charge on any atom is -0.508 e. The van der Waals surface area contributed by atoms with E-state index in [4.69, 9.17) is 4.74 Å². The molecule has 1 heterocycles. The Hall–Kier alpha value is -2.49. The van der Waals surface area contributed by atoms with Crippen molar-refractivity contribution in [1.29, 1.82) is 0 Å². The van der Waals surface area contributed by atoms with Gasteiger partial charge in [0.2, 0.25) is 5.91 Å². The Bertz CT molecular complexity index is 756. The highest BCUT2D eigenvalue weighted by atomic mass is 16.5. The molecular formula is C19H21NO3. The van der Waals surface area contributed by atoms with Crippen molar-refractivity contribution in [3.63, 3.8) is 0 Å². The van der Waals surface area contributed by atoms with Gasteiger partial charge in [0.05, 0.1) is 12.5 Å². The molecule has 3 rings (SSSR count). The summed E-state index contributed by atoms with van der Waals surface area (Å²) in [4.78, 5) is 14.8. The van der Waals surface area contributed by atoms with Gasteiger partial charge in [-0.2, -0.15) is 0 Å². The number of fused-ring (bicyclic) bond motifs is 1. The molecule has 1 unspecified atom stereocenters. The molecule has 0 aliphatic carbocycles. The van der Waals surface area contributed by atoms with Gasteiger partial charge in [0.1, 0.15) is 11.5 Å². The molecule has 1 atom stereocenters. The lowest BCUT2D eigenvalue weighted by Crippen LogP contribution is -2.39. The summed E-state index contributed by atoms with van der Waals surface area (Å²) in [6, 6.07) is 13.1. The van der Waals surface area contributed by atoms with Crippen molar-refractivity contribution >= 4 is 11.6 Å². The molecule has 0 bridgehead atoms. The molecule has 0 fully saturated rings. The molecule has 1 amide bonds. The van der Waals surface area contributed by atoms with E-state index >= 15 is 0 Å². The van der Waals surface area contributed by atoms with Crippen LogP contribution in [0.25, 0.3) is 0 Å². The number of rotatable bonds is 4. The van der Waals surface area contributed by atoms with Crippen LogP contribution in [0.1, 0.15) is 25.0 Å². The van der Waals surface area contributed by atoms with Gasteiger partial charge in [0.25, 0.3) is 0 Å². The predicted octanol–water partition coefficient (Wildman–Crippen LogP) is 3.27. The number of ether oxygens (including phenoxy) is 1. The van der Waals surface area contributed by atoms with Crippen molar-refractivity contribution in [3.8, 4) is 11.5 Å². The molecule has 0 radical (unpaired) electrons. The lowest BCUT2D eigenvalue weighted by atomic mass is 9.78. The molecule has 4 nitrogen and oxygen atoms in total. The average Bonchev–Trinajstić information content (AvgIpc) is 2.77. The second kappa shape index (κ2) is 5.61. The molecule has 120 valence electrons. The van der Waals surface area contributed by atoms with E-state index in [9.17, 15) is 9.90 Å². The van der Waals surface area contributed by atoms with Gasteiger partial charge in [-0.05, 0) is 43.5 Å². The van der Waals surface area contributed by atoms with Crippen LogP contribution in [0.4, 0.5) is 5.69 Å². The van der Waals surface area contributed by atoms with Crippen LogP contribution in [-0.2, 0) is 16.6 Å². The number of likely N-dealkylation sites (N-methyl/N-ethyl adjacent to an activating group) is 1. The summed E-state index contributed by atoms with van der Waals surface area (Å²) in [6.07, 6.45) is 0.454. The molecule has 0 spiro atoms. The number of carbonyl (C=O) groups excluding carboxylic acids is 1. The number of aromatic hydroxyl groups is 1. The fourth-order valence-electron chi connectivity index (χ4n) is 3.38. The number of anilines is 1. The Balaban J connectivity index is 2.03. The van der Waals surface area contributed by atoms with Crippen LogP contribution >= 0.6 is 0 Å². The summed E-state index contributed by atoms with van der Waals surface area (Å²) < 4.78 is 5.12. The van der Waals surface area contributed by atoms with Gasteiger partial charge >= 0.3 is 0 Å². The molecule has 0 saturated heterocycles. The first-order valence-corrected chi connectivity index (χ1v) is 7.78. The Morgan fingerprint density at radius 1 is 1.22 bits per heavy atom. The molecule has 1 aliphatic rings. The van der Waals surface area contributed by atoms with E-state index < -0.39 is 5.41 Å². The van der Waals surface area contributed by atoms with Gasteiger partial charge in [0, 0.05) is 18.3 Å². The van der Waals surface area contributed by atoms with Crippen LogP contribution in [0.2, 0.25) is 0 Å². The van der Waals surface area contributed by atoms with Gasteiger partial charge in [-0.1, -0.05) is 24.3 Å². The van der Waals surface area contributed by atoms with Crippen molar-refractivity contribution in [1.82, 2.24) is 0 Å². The number of hydrogen-bond acceptors (Lipinski definition) is 3. The molecule has 2 aromatic rings. The number of amides is 1. The fourth-order valence-corrected chi connectivity index (χ4v) is 3.38. The summed E-state index contributed by atoms with van der Waals surface area (Å²) in [5.41, 5.74) is 2.06. The Morgan fingerprint density at radius 2 is 1.96 bits per heavy atom. The van der Waals surface area contributed by atoms with E-state index in [2.05, 4.69) is 0 Å². The minimum atomic E-state index is -0.668. The van der Waals surface area contributed by atoms with E-state index in [1.54, 1.807) is 19.2 Å². The van der Waals surface area contributed by atoms with Crippen molar-refractivity contribution in [2.75, 3.05) is 18.6 Å². The monoisotopic (exact) mass is 311 g/mol. The number of hydrogen-bond donors (Lipinski definition) is 1. The molecule has 1 aliphatic heterocycles. The van der Waals surface area contributed by atoms with Crippen LogP contribution in [0.15, 0.2) is 42.5 Å². The summed E-state index contributed by atoms with van der Waals surface area (Å²) in [7, 11) is 1.56. The van der Waals surface area contributed by atoms with Crippen LogP contribution in [0, 0.1) is 0 Å². The highest BCUT2D eigenvalue weighted by Gasteiger charge is 2.46. The van der Waals surface area contributed by atoms with Gasteiger partial charge in [-0.3, -0.25) is 4.79 Å². The Labute approximate surface area is 136 Å². The Kier molecular flexibility index (Phi) is 3.76. The number of para-hydroxylation sites is 1. The standard InChI is InChI=1S/C19H21NO3/c1-4-20-16-8-6-5-7-15(16)19(2,18(20)22)12-13-9-10-14(23-3)11-17(13)21/h5-11,21H,4,12H2,1-3H3. The molecule has 0 saturated carbocycles. The molecular weight excluding hydrogens is 290 g/mol. The summed E-state index contributed by atoms with van der Waals surface area (Å²) in [5, 5.41) is 10.2. The summed E-state index contributed by atoms with van der Waals surface area (Å²) >= 11 is 0. The minimum absolute atomic E-state index is 0.0800. The van der Waals surface area contributed by atoms with Gasteiger partial charge in [0.15, 0.2) is 0 Å². The maximum Gasteiger partial charge on any atom is 0.237 e. The topological polar surface area (TPSA) is 49.8 Å². The van der Waals surface area contributed by atoms with Crippen molar-refractivity contribution in [3.05, 3.63) is 53.6 Å². The second-order valence-electron chi connectivity index (χ2n) is 6.07. The van der Waals surface area contributed by atoms with Gasteiger partial charge in [-0.25, -0.2) is 0 Å². The zero-order valence-corrected chi connectivity index (χ0v) is 13.7. The van der Waals surface area contributed by atoms with Gasteiger partial charge < -0.3 is 14.7 Å². The zero-order chi connectivity index (χ0) is 16.6. The molecule has 4 heteroatoms. The van der Waals surface area contributed by atoms with E-state index in [1.807, 2.05) is 49.1 Å². The molecule has 23 heavy (non-hydrogen) atoms. The fraction of sp³-hybridized carbons (Fsp3) is 0.316. The third-order valence-electron chi connectivity index (χ3n) is 4.66. The number of carbonyl (C=O) groups is 1. The SMILES string of the molecule is CCN1C(=O)C(C)(Cc2ccc(OC)cc2O)c2ccccc21. The number of nitrogens with zero attached hydrogens (tertiary/aromatic N) is 1. The third-order valence-corrected chi connectivity index (χ3v) is 4.66. The van der Waals surface area contributed by atoms with Crippen LogP contribution < -0.4 is 9.64 Å². The van der Waals surface area contributed by atoms with Crippen LogP contribution in [0.5, 0.6) is 11.5 Å². The normalized spacial score (nSPS) is 19.8. The van der Waals surface area contributed by atoms with E-state index in [0.717, 1.165) is 16.8 Å². The average molecular weight is 311 g/mol. The van der Waals surface area contributed by atoms with Crippen molar-refractivity contribution in [2.24, 2.45) is 0 Å². The lowest BCUT2D eigenvalue weighted by molar-refractivity contribution is -0.122. The molecule has 0 aromatic heterocycles. The highest BCUT2D eigenvalue weighted by Crippen LogP contribution is 2.44. The Morgan fingerprint density at radius 3 is 2.61 bits per heavy atom. The first-order chi connectivity index (χ1) is 11.0. The first kappa shape index (κ1) is 15.4. The van der Waals surface area contributed by atoms with Crippen molar-refractivity contribution < 1.29 is 14.6 Å². The van der Waals surface area contributed by atoms with E-state index in [0.29, 0.717) is 18.7 Å². The second-order valence-corrected chi connectivity index (χ2v) is 6.07. The van der Waals surface area contributed by atoms with Gasteiger partial charge in [-0.15, -0.1) is 0 Å². The van der Waals surface area contributed by atoms with Crippen LogP contribution in [-0.4, -0.2) is 24.7 Å². The number of benzene rings is 2. The summed E-state index contributed by atoms with van der Waals surface area (Å²) in [5.74, 6) is 0.840. The quantitative estimate of drug-likeness (QED) is 0.943. The van der Waals surface area contributed by atoms with Crippen LogP contribution in [0.3, 0.4) is 0 Å². The van der Waals surface area contributed by atoms with E-state index in [-0.39, 0.29) is 11.7 Å². The molecule has 2 aromatic carbocycles. The zero-order valence-electron chi connectivity index (χ0n) is 13.7. The number of phenols is 1. The van der Waals surface area contributed by atoms with Crippen molar-refractivity contribution in [2.45, 2.75) is 25.7 Å².